The summed E-state index contributed by atoms with van der Waals surface area (Å²) in [5.41, 5.74) is 0.423. The van der Waals surface area contributed by atoms with Crippen molar-refractivity contribution in [1.82, 2.24) is 0 Å². The van der Waals surface area contributed by atoms with Crippen LogP contribution in [0, 0.1) is 0 Å². The number of carbonyl (C=O) groups is 1. The van der Waals surface area contributed by atoms with Gasteiger partial charge in [0, 0.05) is 4.47 Å². The van der Waals surface area contributed by atoms with Gasteiger partial charge < -0.3 is 4.74 Å². The molecule has 2 nitrogen and oxygen atoms in total. The van der Waals surface area contributed by atoms with Gasteiger partial charge in [0.05, 0.1) is 17.7 Å². The van der Waals surface area contributed by atoms with Crippen molar-refractivity contribution in [3.8, 4) is 5.75 Å². The summed E-state index contributed by atoms with van der Waals surface area (Å²) in [6.45, 7) is 1.46. The van der Waals surface area contributed by atoms with Gasteiger partial charge in [-0.25, -0.2) is 0 Å². The number of ketones is 1. The molecule has 0 fully saturated rings. The molecule has 0 unspecified atom stereocenters. The summed E-state index contributed by atoms with van der Waals surface area (Å²) in [7, 11) is 1.50. The zero-order valence-electron chi connectivity index (χ0n) is 7.23. The van der Waals surface area contributed by atoms with Gasteiger partial charge in [0.2, 0.25) is 0 Å². The fraction of sp³-hybridized carbons (Fsp3) is 0.222. The first-order valence-corrected chi connectivity index (χ1v) is 4.77. The van der Waals surface area contributed by atoms with E-state index >= 15 is 0 Å². The molecule has 0 aromatic heterocycles. The van der Waals surface area contributed by atoms with Crippen LogP contribution in [0.1, 0.15) is 17.3 Å². The third-order valence-corrected chi connectivity index (χ3v) is 2.35. The Morgan fingerprint density at radius 2 is 2.15 bits per heavy atom. The van der Waals surface area contributed by atoms with Crippen molar-refractivity contribution >= 4 is 33.3 Å². The minimum Gasteiger partial charge on any atom is -0.496 e. The van der Waals surface area contributed by atoms with E-state index in [1.807, 2.05) is 0 Å². The number of hydrogen-bond acceptors (Lipinski definition) is 2. The molecule has 0 aliphatic carbocycles. The Bertz CT molecular complexity index is 350. The number of Topliss-reactive ketones (excluding diaryl/α,β-unsaturated/α-hetero) is 1. The van der Waals surface area contributed by atoms with Gasteiger partial charge in [-0.3, -0.25) is 4.79 Å². The highest BCUT2D eigenvalue weighted by Crippen LogP contribution is 2.31. The fourth-order valence-corrected chi connectivity index (χ4v) is 1.97. The smallest absolute Gasteiger partial charge is 0.165 e. The number of carbonyl (C=O) groups excluding carboxylic acids is 1. The van der Waals surface area contributed by atoms with E-state index in [4.69, 9.17) is 16.3 Å². The van der Waals surface area contributed by atoms with Crippen LogP contribution in [-0.2, 0) is 0 Å². The summed E-state index contributed by atoms with van der Waals surface area (Å²) in [4.78, 5) is 11.2. The molecule has 70 valence electrons. The van der Waals surface area contributed by atoms with Gasteiger partial charge in [-0.05, 0) is 19.1 Å². The van der Waals surface area contributed by atoms with E-state index in [2.05, 4.69) is 15.9 Å². The van der Waals surface area contributed by atoms with E-state index in [9.17, 15) is 4.79 Å². The molecule has 0 heterocycles. The third-order valence-electron chi connectivity index (χ3n) is 1.59. The van der Waals surface area contributed by atoms with Crippen LogP contribution in [-0.4, -0.2) is 12.9 Å². The lowest BCUT2D eigenvalue weighted by atomic mass is 10.1. The maximum absolute atomic E-state index is 11.2. The SMILES string of the molecule is COc1cc(Br)cc(Cl)c1C(C)=O. The Morgan fingerprint density at radius 3 is 2.62 bits per heavy atom. The molecule has 1 rings (SSSR count). The fourth-order valence-electron chi connectivity index (χ4n) is 1.05. The van der Waals surface area contributed by atoms with Gasteiger partial charge in [-0.1, -0.05) is 27.5 Å². The lowest BCUT2D eigenvalue weighted by Gasteiger charge is -2.07. The van der Waals surface area contributed by atoms with Crippen molar-refractivity contribution < 1.29 is 9.53 Å². The van der Waals surface area contributed by atoms with Gasteiger partial charge in [-0.2, -0.15) is 0 Å². The van der Waals surface area contributed by atoms with Crippen LogP contribution in [0.4, 0.5) is 0 Å². The Labute approximate surface area is 90.0 Å². The lowest BCUT2D eigenvalue weighted by molar-refractivity contribution is 0.101. The van der Waals surface area contributed by atoms with Crippen molar-refractivity contribution in [2.24, 2.45) is 0 Å². The summed E-state index contributed by atoms with van der Waals surface area (Å²) in [6, 6.07) is 3.38. The topological polar surface area (TPSA) is 26.3 Å². The average molecular weight is 264 g/mol. The van der Waals surface area contributed by atoms with Gasteiger partial charge in [0.15, 0.2) is 5.78 Å². The maximum atomic E-state index is 11.2. The van der Waals surface area contributed by atoms with Crippen molar-refractivity contribution in [2.45, 2.75) is 6.92 Å². The van der Waals surface area contributed by atoms with E-state index < -0.39 is 0 Å². The number of halogens is 2. The molecular formula is C9H8BrClO2. The van der Waals surface area contributed by atoms with Gasteiger partial charge in [-0.15, -0.1) is 0 Å². The summed E-state index contributed by atoms with van der Waals surface area (Å²) in [6.07, 6.45) is 0. The van der Waals surface area contributed by atoms with Crippen molar-refractivity contribution in [2.75, 3.05) is 7.11 Å². The van der Waals surface area contributed by atoms with Crippen molar-refractivity contribution in [3.63, 3.8) is 0 Å². The van der Waals surface area contributed by atoms with Gasteiger partial charge in [0.1, 0.15) is 5.75 Å². The normalized spacial score (nSPS) is 9.85. The summed E-state index contributed by atoms with van der Waals surface area (Å²) >= 11 is 9.14. The Balaban J connectivity index is 3.38. The van der Waals surface area contributed by atoms with E-state index in [0.29, 0.717) is 16.3 Å². The second-order valence-electron chi connectivity index (χ2n) is 2.52. The van der Waals surface area contributed by atoms with E-state index in [1.54, 1.807) is 12.1 Å². The largest absolute Gasteiger partial charge is 0.496 e. The standard InChI is InChI=1S/C9H8BrClO2/c1-5(12)9-7(11)3-6(10)4-8(9)13-2/h3-4H,1-2H3. The van der Waals surface area contributed by atoms with Crippen LogP contribution in [0.15, 0.2) is 16.6 Å². The highest BCUT2D eigenvalue weighted by molar-refractivity contribution is 9.10. The maximum Gasteiger partial charge on any atom is 0.165 e. The van der Waals surface area contributed by atoms with E-state index in [0.717, 1.165) is 4.47 Å². The zero-order valence-corrected chi connectivity index (χ0v) is 9.57. The van der Waals surface area contributed by atoms with Crippen molar-refractivity contribution in [1.29, 1.82) is 0 Å². The van der Waals surface area contributed by atoms with E-state index in [-0.39, 0.29) is 5.78 Å². The molecule has 0 spiro atoms. The molecule has 0 saturated carbocycles. The van der Waals surface area contributed by atoms with Crippen LogP contribution in [0.5, 0.6) is 5.75 Å². The van der Waals surface area contributed by atoms with E-state index in [1.165, 1.54) is 14.0 Å². The number of methoxy groups -OCH3 is 1. The number of ether oxygens (including phenoxy) is 1. The number of benzene rings is 1. The van der Waals surface area contributed by atoms with Gasteiger partial charge >= 0.3 is 0 Å². The molecule has 4 heteroatoms. The first-order valence-electron chi connectivity index (χ1n) is 3.60. The number of hydrogen-bond donors (Lipinski definition) is 0. The Kier molecular flexibility index (Phi) is 3.33. The van der Waals surface area contributed by atoms with Crippen LogP contribution in [0.3, 0.4) is 0 Å². The monoisotopic (exact) mass is 262 g/mol. The molecule has 0 N–H and O–H groups in total. The second kappa shape index (κ2) is 4.11. The Morgan fingerprint density at radius 1 is 1.54 bits per heavy atom. The first kappa shape index (κ1) is 10.5. The molecule has 1 aromatic carbocycles. The molecule has 0 aliphatic rings. The predicted molar refractivity (Wildman–Crippen MR) is 55.7 cm³/mol. The van der Waals surface area contributed by atoms with Crippen LogP contribution in [0.2, 0.25) is 5.02 Å². The highest BCUT2D eigenvalue weighted by Gasteiger charge is 2.13. The van der Waals surface area contributed by atoms with Crippen molar-refractivity contribution in [3.05, 3.63) is 27.2 Å². The van der Waals surface area contributed by atoms with Crippen LogP contribution < -0.4 is 4.74 Å². The average Bonchev–Trinajstić information content (AvgIpc) is 2.01. The lowest BCUT2D eigenvalue weighted by Crippen LogP contribution is -1.98. The first-order chi connectivity index (χ1) is 6.06. The Hall–Kier alpha value is -0.540. The second-order valence-corrected chi connectivity index (χ2v) is 3.84. The highest BCUT2D eigenvalue weighted by atomic mass is 79.9. The number of rotatable bonds is 2. The molecule has 0 amide bonds. The molecule has 1 aromatic rings. The summed E-state index contributed by atoms with van der Waals surface area (Å²) in [5.74, 6) is 0.390. The molecule has 0 saturated heterocycles. The van der Waals surface area contributed by atoms with Crippen LogP contribution in [0.25, 0.3) is 0 Å². The quantitative estimate of drug-likeness (QED) is 0.765. The molecule has 0 atom stereocenters. The minimum atomic E-state index is -0.102. The third kappa shape index (κ3) is 2.23. The molecular weight excluding hydrogens is 255 g/mol. The molecule has 0 bridgehead atoms. The minimum absolute atomic E-state index is 0.102. The van der Waals surface area contributed by atoms with Gasteiger partial charge in [0.25, 0.3) is 0 Å². The summed E-state index contributed by atoms with van der Waals surface area (Å²) in [5, 5.41) is 0.402. The van der Waals surface area contributed by atoms with Crippen LogP contribution >= 0.6 is 27.5 Å². The molecule has 13 heavy (non-hydrogen) atoms. The predicted octanol–water partition coefficient (Wildman–Crippen LogP) is 3.31. The summed E-state index contributed by atoms with van der Waals surface area (Å²) < 4.78 is 5.82. The zero-order chi connectivity index (χ0) is 10.0. The molecule has 0 radical (unpaired) electrons. The molecule has 0 aliphatic heterocycles.